The van der Waals surface area contributed by atoms with Crippen molar-refractivity contribution in [2.24, 2.45) is 0 Å². The van der Waals surface area contributed by atoms with Gasteiger partial charge in [0, 0.05) is 13.0 Å². The van der Waals surface area contributed by atoms with Gasteiger partial charge in [-0.3, -0.25) is 4.79 Å². The van der Waals surface area contributed by atoms with Crippen molar-refractivity contribution < 1.29 is 14.6 Å². The largest absolute Gasteiger partial charge is 0.466 e. The SMILES string of the molecule is CCCC(=O)OCCCCCCCNCCCO. The lowest BCUT2D eigenvalue weighted by Gasteiger charge is -2.05. The second-order valence-corrected chi connectivity index (χ2v) is 4.57. The minimum Gasteiger partial charge on any atom is -0.466 e. The lowest BCUT2D eigenvalue weighted by Crippen LogP contribution is -2.17. The van der Waals surface area contributed by atoms with E-state index >= 15 is 0 Å². The molecule has 18 heavy (non-hydrogen) atoms. The van der Waals surface area contributed by atoms with Crippen LogP contribution in [-0.4, -0.2) is 37.4 Å². The summed E-state index contributed by atoms with van der Waals surface area (Å²) in [5.41, 5.74) is 0. The Kier molecular flexibility index (Phi) is 14.0. The van der Waals surface area contributed by atoms with Crippen molar-refractivity contribution in [1.82, 2.24) is 5.32 Å². The van der Waals surface area contributed by atoms with Crippen molar-refractivity contribution >= 4 is 5.97 Å². The van der Waals surface area contributed by atoms with E-state index in [0.717, 1.165) is 38.8 Å². The first kappa shape index (κ1) is 17.4. The maximum Gasteiger partial charge on any atom is 0.305 e. The highest BCUT2D eigenvalue weighted by Gasteiger charge is 1.99. The van der Waals surface area contributed by atoms with Gasteiger partial charge >= 0.3 is 5.97 Å². The lowest BCUT2D eigenvalue weighted by atomic mass is 10.1. The highest BCUT2D eigenvalue weighted by Crippen LogP contribution is 2.03. The Labute approximate surface area is 111 Å². The third-order valence-corrected chi connectivity index (χ3v) is 2.73. The Morgan fingerprint density at radius 3 is 2.44 bits per heavy atom. The zero-order valence-corrected chi connectivity index (χ0v) is 11.7. The number of hydrogen-bond acceptors (Lipinski definition) is 4. The first-order chi connectivity index (χ1) is 8.81. The number of ether oxygens (including phenoxy) is 1. The maximum absolute atomic E-state index is 11.1. The molecular formula is C14H29NO3. The number of carbonyl (C=O) groups is 1. The minimum atomic E-state index is -0.0643. The van der Waals surface area contributed by atoms with Crippen molar-refractivity contribution in [2.75, 3.05) is 26.3 Å². The van der Waals surface area contributed by atoms with Crippen LogP contribution in [0.4, 0.5) is 0 Å². The number of hydrogen-bond donors (Lipinski definition) is 2. The Balaban J connectivity index is 3.01. The number of aliphatic hydroxyl groups excluding tert-OH is 1. The fraction of sp³-hybridized carbons (Fsp3) is 0.929. The molecule has 0 aliphatic carbocycles. The predicted molar refractivity (Wildman–Crippen MR) is 73.5 cm³/mol. The second-order valence-electron chi connectivity index (χ2n) is 4.57. The van der Waals surface area contributed by atoms with Gasteiger partial charge in [-0.25, -0.2) is 0 Å². The average molecular weight is 259 g/mol. The molecule has 0 aromatic heterocycles. The average Bonchev–Trinajstić information content (AvgIpc) is 2.36. The molecule has 0 heterocycles. The van der Waals surface area contributed by atoms with Gasteiger partial charge in [0.1, 0.15) is 0 Å². The molecular weight excluding hydrogens is 230 g/mol. The summed E-state index contributed by atoms with van der Waals surface area (Å²) in [6.07, 6.45) is 7.96. The van der Waals surface area contributed by atoms with Gasteiger partial charge in [0.2, 0.25) is 0 Å². The third kappa shape index (κ3) is 13.5. The Morgan fingerprint density at radius 1 is 1.06 bits per heavy atom. The molecule has 0 bridgehead atoms. The van der Waals surface area contributed by atoms with E-state index in [4.69, 9.17) is 9.84 Å². The normalized spacial score (nSPS) is 10.6. The number of esters is 1. The van der Waals surface area contributed by atoms with E-state index in [9.17, 15) is 4.79 Å². The van der Waals surface area contributed by atoms with Crippen LogP contribution in [0.2, 0.25) is 0 Å². The molecule has 0 aliphatic rings. The van der Waals surface area contributed by atoms with Gasteiger partial charge in [-0.2, -0.15) is 0 Å². The van der Waals surface area contributed by atoms with E-state index in [1.54, 1.807) is 0 Å². The van der Waals surface area contributed by atoms with E-state index in [1.807, 2.05) is 6.92 Å². The van der Waals surface area contributed by atoms with Gasteiger partial charge in [0.25, 0.3) is 0 Å². The molecule has 0 atom stereocenters. The molecule has 0 saturated carbocycles. The summed E-state index contributed by atoms with van der Waals surface area (Å²) in [5, 5.41) is 11.9. The summed E-state index contributed by atoms with van der Waals surface area (Å²) >= 11 is 0. The van der Waals surface area contributed by atoms with Crippen LogP contribution in [0, 0.1) is 0 Å². The zero-order chi connectivity index (χ0) is 13.5. The van der Waals surface area contributed by atoms with Gasteiger partial charge in [-0.1, -0.05) is 26.2 Å². The topological polar surface area (TPSA) is 58.6 Å². The standard InChI is InChI=1S/C14H29NO3/c1-2-9-14(17)18-13-7-5-3-4-6-10-15-11-8-12-16/h15-16H,2-13H2,1H3. The molecule has 0 unspecified atom stereocenters. The molecule has 0 rings (SSSR count). The Bertz CT molecular complexity index is 186. The van der Waals surface area contributed by atoms with Crippen LogP contribution >= 0.6 is 0 Å². The molecule has 4 heteroatoms. The van der Waals surface area contributed by atoms with Crippen molar-refractivity contribution in [2.45, 2.75) is 58.3 Å². The smallest absolute Gasteiger partial charge is 0.305 e. The highest BCUT2D eigenvalue weighted by atomic mass is 16.5. The number of aliphatic hydroxyl groups is 1. The molecule has 0 spiro atoms. The lowest BCUT2D eigenvalue weighted by molar-refractivity contribution is -0.143. The van der Waals surface area contributed by atoms with Crippen LogP contribution < -0.4 is 5.32 Å². The van der Waals surface area contributed by atoms with E-state index in [0.29, 0.717) is 13.0 Å². The van der Waals surface area contributed by atoms with E-state index in [1.165, 1.54) is 19.3 Å². The van der Waals surface area contributed by atoms with Crippen molar-refractivity contribution in [3.8, 4) is 0 Å². The van der Waals surface area contributed by atoms with Crippen molar-refractivity contribution in [3.05, 3.63) is 0 Å². The van der Waals surface area contributed by atoms with Gasteiger partial charge in [-0.15, -0.1) is 0 Å². The van der Waals surface area contributed by atoms with Crippen LogP contribution in [0.25, 0.3) is 0 Å². The molecule has 0 aromatic rings. The molecule has 0 radical (unpaired) electrons. The third-order valence-electron chi connectivity index (χ3n) is 2.73. The van der Waals surface area contributed by atoms with E-state index in [2.05, 4.69) is 5.32 Å². The van der Waals surface area contributed by atoms with Crippen LogP contribution in [0.1, 0.15) is 58.3 Å². The Hall–Kier alpha value is -0.610. The zero-order valence-electron chi connectivity index (χ0n) is 11.7. The van der Waals surface area contributed by atoms with Crippen LogP contribution in [-0.2, 0) is 9.53 Å². The molecule has 0 aromatic carbocycles. The molecule has 4 nitrogen and oxygen atoms in total. The molecule has 0 saturated heterocycles. The molecule has 108 valence electrons. The minimum absolute atomic E-state index is 0.0643. The quantitative estimate of drug-likeness (QED) is 0.393. The Morgan fingerprint density at radius 2 is 1.72 bits per heavy atom. The molecule has 0 fully saturated rings. The summed E-state index contributed by atoms with van der Waals surface area (Å²) in [4.78, 5) is 11.1. The summed E-state index contributed by atoms with van der Waals surface area (Å²) in [7, 11) is 0. The van der Waals surface area contributed by atoms with Crippen LogP contribution in [0.3, 0.4) is 0 Å². The number of rotatable bonds is 13. The van der Waals surface area contributed by atoms with Crippen molar-refractivity contribution in [3.63, 3.8) is 0 Å². The second kappa shape index (κ2) is 14.5. The van der Waals surface area contributed by atoms with E-state index < -0.39 is 0 Å². The van der Waals surface area contributed by atoms with Crippen molar-refractivity contribution in [1.29, 1.82) is 0 Å². The monoisotopic (exact) mass is 259 g/mol. The molecule has 0 aliphatic heterocycles. The first-order valence-electron chi connectivity index (χ1n) is 7.28. The van der Waals surface area contributed by atoms with Crippen LogP contribution in [0.5, 0.6) is 0 Å². The van der Waals surface area contributed by atoms with E-state index in [-0.39, 0.29) is 12.6 Å². The summed E-state index contributed by atoms with van der Waals surface area (Å²) in [6, 6.07) is 0. The fourth-order valence-electron chi connectivity index (χ4n) is 1.67. The predicted octanol–water partition coefficient (Wildman–Crippen LogP) is 2.25. The number of unbranched alkanes of at least 4 members (excludes halogenated alkanes) is 4. The summed E-state index contributed by atoms with van der Waals surface area (Å²) < 4.78 is 5.08. The highest BCUT2D eigenvalue weighted by molar-refractivity contribution is 5.69. The van der Waals surface area contributed by atoms with Gasteiger partial charge < -0.3 is 15.2 Å². The summed E-state index contributed by atoms with van der Waals surface area (Å²) in [6.45, 7) is 4.77. The number of nitrogens with one attached hydrogen (secondary N) is 1. The van der Waals surface area contributed by atoms with Gasteiger partial charge in [-0.05, 0) is 38.8 Å². The fourth-order valence-corrected chi connectivity index (χ4v) is 1.67. The number of carbonyl (C=O) groups excluding carboxylic acids is 1. The first-order valence-corrected chi connectivity index (χ1v) is 7.28. The van der Waals surface area contributed by atoms with Crippen LogP contribution in [0.15, 0.2) is 0 Å². The van der Waals surface area contributed by atoms with Gasteiger partial charge in [0.05, 0.1) is 6.61 Å². The maximum atomic E-state index is 11.1. The summed E-state index contributed by atoms with van der Waals surface area (Å²) in [5.74, 6) is -0.0643. The molecule has 0 amide bonds. The molecule has 2 N–H and O–H groups in total. The van der Waals surface area contributed by atoms with Gasteiger partial charge in [0.15, 0.2) is 0 Å².